The van der Waals surface area contributed by atoms with E-state index in [1.54, 1.807) is 0 Å². The van der Waals surface area contributed by atoms with Crippen LogP contribution < -0.4 is 0 Å². The number of hydrogen-bond donors (Lipinski definition) is 0. The molecule has 0 bridgehead atoms. The Morgan fingerprint density at radius 2 is 1.67 bits per heavy atom. The van der Waals surface area contributed by atoms with E-state index in [1.807, 2.05) is 0 Å². The third kappa shape index (κ3) is 1.96. The smallest absolute Gasteiger partial charge is 0.0208 e. The molecule has 1 aromatic carbocycles. The minimum atomic E-state index is 0.258. The molecule has 0 amide bonds. The van der Waals surface area contributed by atoms with Gasteiger partial charge >= 0.3 is 0 Å². The van der Waals surface area contributed by atoms with Crippen LogP contribution in [0.1, 0.15) is 38.3 Å². The first-order valence-corrected chi connectivity index (χ1v) is 6.61. The van der Waals surface area contributed by atoms with Crippen molar-refractivity contribution >= 4 is 6.08 Å². The molecule has 0 atom stereocenters. The van der Waals surface area contributed by atoms with Crippen LogP contribution in [0.15, 0.2) is 53.1 Å². The average Bonchev–Trinajstić information content (AvgIpc) is 2.94. The highest BCUT2D eigenvalue weighted by Crippen LogP contribution is 2.39. The van der Waals surface area contributed by atoms with Crippen molar-refractivity contribution < 1.29 is 0 Å². The van der Waals surface area contributed by atoms with Crippen molar-refractivity contribution in [3.8, 4) is 0 Å². The van der Waals surface area contributed by atoms with Crippen LogP contribution in [0, 0.1) is 11.8 Å². The molecule has 0 N–H and O–H groups in total. The van der Waals surface area contributed by atoms with E-state index in [0.29, 0.717) is 0 Å². The molecule has 1 aromatic rings. The molecule has 0 aromatic heterocycles. The Hall–Kier alpha value is -1.56. The van der Waals surface area contributed by atoms with Gasteiger partial charge in [0.15, 0.2) is 0 Å². The highest BCUT2D eigenvalue weighted by Gasteiger charge is 2.22. The second-order valence-corrected chi connectivity index (χ2v) is 6.16. The maximum absolute atomic E-state index is 2.37. The average molecular weight is 235 g/mol. The summed E-state index contributed by atoms with van der Waals surface area (Å²) in [5, 5.41) is 0. The summed E-state index contributed by atoms with van der Waals surface area (Å²) in [7, 11) is 0. The molecular formula is C18H19. The number of allylic oxidation sites excluding steroid dienone is 5. The zero-order chi connectivity index (χ0) is 12.8. The van der Waals surface area contributed by atoms with Gasteiger partial charge in [-0.1, -0.05) is 63.3 Å². The molecule has 0 aliphatic heterocycles. The van der Waals surface area contributed by atoms with Gasteiger partial charge in [-0.05, 0) is 39.7 Å². The van der Waals surface area contributed by atoms with E-state index >= 15 is 0 Å². The minimum absolute atomic E-state index is 0.258. The fraction of sp³-hybridized carbons (Fsp3) is 0.278. The molecule has 0 saturated carbocycles. The van der Waals surface area contributed by atoms with Gasteiger partial charge in [-0.15, -0.1) is 0 Å². The molecule has 2 aliphatic rings. The fourth-order valence-electron chi connectivity index (χ4n) is 2.59. The summed E-state index contributed by atoms with van der Waals surface area (Å²) in [5.74, 6) is 0. The predicted molar refractivity (Wildman–Crippen MR) is 78.1 cm³/mol. The van der Waals surface area contributed by atoms with Crippen molar-refractivity contribution in [2.75, 3.05) is 0 Å². The molecule has 0 heteroatoms. The van der Waals surface area contributed by atoms with E-state index in [1.165, 1.54) is 27.8 Å². The number of benzene rings is 1. The molecule has 0 saturated heterocycles. The first-order valence-electron chi connectivity index (χ1n) is 6.61. The van der Waals surface area contributed by atoms with Crippen molar-refractivity contribution in [3.05, 3.63) is 70.7 Å². The Kier molecular flexibility index (Phi) is 2.55. The monoisotopic (exact) mass is 235 g/mol. The molecule has 91 valence electrons. The van der Waals surface area contributed by atoms with Crippen LogP contribution in [0.4, 0.5) is 0 Å². The van der Waals surface area contributed by atoms with Gasteiger partial charge in [0.1, 0.15) is 0 Å². The molecular weight excluding hydrogens is 216 g/mol. The summed E-state index contributed by atoms with van der Waals surface area (Å²) in [5.41, 5.74) is 7.24. The van der Waals surface area contributed by atoms with Crippen LogP contribution in [-0.4, -0.2) is 0 Å². The van der Waals surface area contributed by atoms with E-state index in [9.17, 15) is 0 Å². The van der Waals surface area contributed by atoms with Crippen LogP contribution >= 0.6 is 0 Å². The predicted octanol–water partition coefficient (Wildman–Crippen LogP) is 4.94. The summed E-state index contributed by atoms with van der Waals surface area (Å²) in [4.78, 5) is 0. The summed E-state index contributed by atoms with van der Waals surface area (Å²) < 4.78 is 0. The SMILES string of the molecule is CC(C)(C)C1=CCC(C2=Cc3ccccc3[CH]2)=C1. The van der Waals surface area contributed by atoms with Crippen LogP contribution in [0.5, 0.6) is 0 Å². The van der Waals surface area contributed by atoms with E-state index in [2.05, 4.69) is 69.7 Å². The van der Waals surface area contributed by atoms with Crippen LogP contribution in [0.3, 0.4) is 0 Å². The largest absolute Gasteiger partial charge is 0.0764 e. The lowest BCUT2D eigenvalue weighted by molar-refractivity contribution is 0.518. The Morgan fingerprint density at radius 1 is 0.944 bits per heavy atom. The van der Waals surface area contributed by atoms with Gasteiger partial charge in [0.05, 0.1) is 0 Å². The normalized spacial score (nSPS) is 18.3. The van der Waals surface area contributed by atoms with Gasteiger partial charge in [-0.3, -0.25) is 0 Å². The van der Waals surface area contributed by atoms with E-state index < -0.39 is 0 Å². The van der Waals surface area contributed by atoms with E-state index in [-0.39, 0.29) is 5.41 Å². The first kappa shape index (κ1) is 11.5. The van der Waals surface area contributed by atoms with Crippen LogP contribution in [-0.2, 0) is 0 Å². The quantitative estimate of drug-likeness (QED) is 0.647. The summed E-state index contributed by atoms with van der Waals surface area (Å²) in [6, 6.07) is 8.58. The number of fused-ring (bicyclic) bond motifs is 1. The zero-order valence-electron chi connectivity index (χ0n) is 11.3. The zero-order valence-corrected chi connectivity index (χ0v) is 11.3. The van der Waals surface area contributed by atoms with Crippen molar-refractivity contribution in [2.24, 2.45) is 5.41 Å². The van der Waals surface area contributed by atoms with Crippen LogP contribution in [0.25, 0.3) is 6.08 Å². The lowest BCUT2D eigenvalue weighted by atomic mass is 9.87. The molecule has 1 radical (unpaired) electrons. The summed E-state index contributed by atoms with van der Waals surface area (Å²) in [6.45, 7) is 6.83. The maximum atomic E-state index is 2.37. The Labute approximate surface area is 110 Å². The highest BCUT2D eigenvalue weighted by atomic mass is 14.3. The lowest BCUT2D eigenvalue weighted by Crippen LogP contribution is -2.05. The van der Waals surface area contributed by atoms with Gasteiger partial charge in [-0.25, -0.2) is 0 Å². The standard InChI is InChI=1S/C18H19/c1-18(2,3)17-9-8-15(12-17)16-10-13-6-4-5-7-14(13)11-16/h4-7,9-12H,8H2,1-3H3. The highest BCUT2D eigenvalue weighted by molar-refractivity contribution is 5.74. The molecule has 0 fully saturated rings. The van der Waals surface area contributed by atoms with Crippen molar-refractivity contribution in [1.82, 2.24) is 0 Å². The number of rotatable bonds is 1. The van der Waals surface area contributed by atoms with Gasteiger partial charge in [0.2, 0.25) is 0 Å². The molecule has 18 heavy (non-hydrogen) atoms. The van der Waals surface area contributed by atoms with Gasteiger partial charge < -0.3 is 0 Å². The number of hydrogen-bond acceptors (Lipinski definition) is 0. The molecule has 0 spiro atoms. The Morgan fingerprint density at radius 3 is 2.28 bits per heavy atom. The van der Waals surface area contributed by atoms with Gasteiger partial charge in [-0.2, -0.15) is 0 Å². The topological polar surface area (TPSA) is 0 Å². The summed E-state index contributed by atoms with van der Waals surface area (Å²) >= 11 is 0. The van der Waals surface area contributed by atoms with Crippen molar-refractivity contribution in [1.29, 1.82) is 0 Å². The second kappa shape index (κ2) is 3.98. The maximum Gasteiger partial charge on any atom is 0.0208 e. The second-order valence-electron chi connectivity index (χ2n) is 6.16. The van der Waals surface area contributed by atoms with E-state index in [4.69, 9.17) is 0 Å². The Balaban J connectivity index is 1.85. The molecule has 3 rings (SSSR count). The molecule has 0 unspecified atom stereocenters. The minimum Gasteiger partial charge on any atom is -0.0764 e. The van der Waals surface area contributed by atoms with Crippen LogP contribution in [0.2, 0.25) is 0 Å². The van der Waals surface area contributed by atoms with E-state index in [0.717, 1.165) is 6.42 Å². The lowest BCUT2D eigenvalue weighted by Gasteiger charge is -2.18. The fourth-order valence-corrected chi connectivity index (χ4v) is 2.59. The molecule has 0 heterocycles. The first-order chi connectivity index (χ1) is 8.54. The third-order valence-corrected chi connectivity index (χ3v) is 3.73. The summed E-state index contributed by atoms with van der Waals surface area (Å²) in [6.07, 6.45) is 10.4. The van der Waals surface area contributed by atoms with Gasteiger partial charge in [0.25, 0.3) is 0 Å². The van der Waals surface area contributed by atoms with Crippen molar-refractivity contribution in [2.45, 2.75) is 27.2 Å². The van der Waals surface area contributed by atoms with Gasteiger partial charge in [0, 0.05) is 6.42 Å². The van der Waals surface area contributed by atoms with Crippen molar-refractivity contribution in [3.63, 3.8) is 0 Å². The molecule has 0 nitrogen and oxygen atoms in total. The molecule has 2 aliphatic carbocycles. The third-order valence-electron chi connectivity index (χ3n) is 3.73. The Bertz CT molecular complexity index is 574.